The summed E-state index contributed by atoms with van der Waals surface area (Å²) >= 11 is 0. The van der Waals surface area contributed by atoms with Crippen molar-refractivity contribution in [2.24, 2.45) is 0 Å². The number of hydrogen-bond acceptors (Lipinski definition) is 3. The summed E-state index contributed by atoms with van der Waals surface area (Å²) in [4.78, 5) is 0. The monoisotopic (exact) mass is 248 g/mol. The molecule has 0 saturated heterocycles. The van der Waals surface area contributed by atoms with Gasteiger partial charge < -0.3 is 10.4 Å². The maximum Gasteiger partial charge on any atom is 0.0587 e. The third-order valence-electron chi connectivity index (χ3n) is 3.71. The molecule has 4 aromatic rings. The van der Waals surface area contributed by atoms with Gasteiger partial charge in [0.2, 0.25) is 0 Å². The van der Waals surface area contributed by atoms with Gasteiger partial charge in [-0.1, -0.05) is 48.5 Å². The molecule has 3 nitrogen and oxygen atoms in total. The van der Waals surface area contributed by atoms with Crippen LogP contribution >= 0.6 is 0 Å². The molecule has 4 rings (SSSR count). The maximum absolute atomic E-state index is 11.3. The Morgan fingerprint density at radius 3 is 2.00 bits per heavy atom. The second-order valence-corrected chi connectivity index (χ2v) is 4.71. The van der Waals surface area contributed by atoms with Gasteiger partial charge in [-0.2, -0.15) is 0 Å². The molecule has 0 heterocycles. The van der Waals surface area contributed by atoms with E-state index >= 15 is 0 Å². The van der Waals surface area contributed by atoms with Crippen molar-refractivity contribution >= 4 is 38.0 Å². The zero-order valence-corrected chi connectivity index (χ0v) is 10.00. The van der Waals surface area contributed by atoms with E-state index in [2.05, 4.69) is 18.2 Å². The molecule has 0 aliphatic heterocycles. The van der Waals surface area contributed by atoms with Crippen LogP contribution < -0.4 is 5.23 Å². The summed E-state index contributed by atoms with van der Waals surface area (Å²) in [7, 11) is 0. The average Bonchev–Trinajstić information content (AvgIpc) is 2.44. The van der Waals surface area contributed by atoms with Crippen molar-refractivity contribution in [2.75, 3.05) is 5.23 Å². The summed E-state index contributed by atoms with van der Waals surface area (Å²) in [5, 5.41) is 26.7. The molecule has 92 valence electrons. The first-order valence-corrected chi connectivity index (χ1v) is 6.08. The average molecular weight is 248 g/mol. The summed E-state index contributed by atoms with van der Waals surface area (Å²) in [5.74, 6) is 0. The highest BCUT2D eigenvalue weighted by Gasteiger charge is 2.10. The van der Waals surface area contributed by atoms with Crippen molar-refractivity contribution in [3.05, 3.63) is 59.8 Å². The Kier molecular flexibility index (Phi) is 1.98. The summed E-state index contributed by atoms with van der Waals surface area (Å²) in [6.45, 7) is 0. The second kappa shape index (κ2) is 3.57. The number of benzene rings is 4. The van der Waals surface area contributed by atoms with Crippen LogP contribution in [0.1, 0.15) is 0 Å². The number of rotatable bonds is 1. The maximum atomic E-state index is 11.3. The van der Waals surface area contributed by atoms with Crippen LogP contribution in [0.2, 0.25) is 0 Å². The molecule has 0 amide bonds. The highest BCUT2D eigenvalue weighted by molar-refractivity contribution is 6.25. The molecule has 0 aliphatic rings. The van der Waals surface area contributed by atoms with E-state index in [1.807, 2.05) is 30.3 Å². The minimum absolute atomic E-state index is 0.0636. The lowest BCUT2D eigenvalue weighted by atomic mass is 9.94. The number of anilines is 1. The number of nitrogens with zero attached hydrogens (tertiary/aromatic N) is 1. The Bertz CT molecular complexity index is 883. The van der Waals surface area contributed by atoms with Crippen LogP contribution in [-0.2, 0) is 0 Å². The molecule has 3 heteroatoms. The van der Waals surface area contributed by atoms with E-state index in [9.17, 15) is 10.4 Å². The molecule has 19 heavy (non-hydrogen) atoms. The zero-order valence-electron chi connectivity index (χ0n) is 10.00. The van der Waals surface area contributed by atoms with Gasteiger partial charge in [0.05, 0.1) is 5.69 Å². The van der Waals surface area contributed by atoms with Gasteiger partial charge in [-0.15, -0.1) is 0 Å². The summed E-state index contributed by atoms with van der Waals surface area (Å²) in [6, 6.07) is 17.6. The quantitative estimate of drug-likeness (QED) is 0.404. The van der Waals surface area contributed by atoms with Crippen LogP contribution in [0.15, 0.2) is 54.6 Å². The van der Waals surface area contributed by atoms with Gasteiger partial charge in [0.15, 0.2) is 0 Å². The van der Waals surface area contributed by atoms with Gasteiger partial charge >= 0.3 is 0 Å². The van der Waals surface area contributed by atoms with Crippen LogP contribution in [0.4, 0.5) is 5.69 Å². The van der Waals surface area contributed by atoms with Crippen molar-refractivity contribution in [1.82, 2.24) is 0 Å². The zero-order chi connectivity index (χ0) is 13.0. The standard InChI is InChI=1S/C16H10NO2/c18-17(19)14-9-7-12-5-4-10-2-1-3-11-6-8-13(14)16(12)15(10)11/h1-9,18H/q-1. The predicted octanol–water partition coefficient (Wildman–Crippen LogP) is 4.28. The second-order valence-electron chi connectivity index (χ2n) is 4.71. The van der Waals surface area contributed by atoms with Crippen molar-refractivity contribution in [3.8, 4) is 0 Å². The third kappa shape index (κ3) is 1.34. The molecular weight excluding hydrogens is 238 g/mol. The fourth-order valence-electron chi connectivity index (χ4n) is 2.89. The molecule has 0 saturated carbocycles. The molecule has 0 atom stereocenters. The molecule has 0 bridgehead atoms. The first-order valence-electron chi connectivity index (χ1n) is 6.08. The van der Waals surface area contributed by atoms with E-state index in [4.69, 9.17) is 0 Å². The highest BCUT2D eigenvalue weighted by Crippen LogP contribution is 2.38. The molecule has 0 aliphatic carbocycles. The van der Waals surface area contributed by atoms with Gasteiger partial charge in [-0.3, -0.25) is 5.21 Å². The normalized spacial score (nSPS) is 11.7. The minimum atomic E-state index is -0.0636. The van der Waals surface area contributed by atoms with Gasteiger partial charge in [0.25, 0.3) is 0 Å². The molecule has 0 fully saturated rings. The van der Waals surface area contributed by atoms with E-state index in [-0.39, 0.29) is 10.9 Å². The lowest BCUT2D eigenvalue weighted by Crippen LogP contribution is -2.07. The smallest absolute Gasteiger partial charge is 0.0587 e. The first kappa shape index (κ1) is 10.6. The van der Waals surface area contributed by atoms with Crippen LogP contribution in [-0.4, -0.2) is 5.21 Å². The Morgan fingerprint density at radius 1 is 0.737 bits per heavy atom. The van der Waals surface area contributed by atoms with Crippen LogP contribution in [0.25, 0.3) is 32.3 Å². The van der Waals surface area contributed by atoms with Crippen LogP contribution in [0.3, 0.4) is 0 Å². The molecule has 0 unspecified atom stereocenters. The fourth-order valence-corrected chi connectivity index (χ4v) is 2.89. The largest absolute Gasteiger partial charge is 0.733 e. The van der Waals surface area contributed by atoms with E-state index in [0.29, 0.717) is 0 Å². The van der Waals surface area contributed by atoms with Crippen LogP contribution in [0.5, 0.6) is 0 Å². The van der Waals surface area contributed by atoms with Crippen molar-refractivity contribution in [3.63, 3.8) is 0 Å². The van der Waals surface area contributed by atoms with Crippen molar-refractivity contribution in [2.45, 2.75) is 0 Å². The van der Waals surface area contributed by atoms with Gasteiger partial charge in [-0.05, 0) is 33.0 Å². The molecule has 4 aromatic carbocycles. The SMILES string of the molecule is [O-]N(O)c1ccc2ccc3cccc4ccc1c2c34. The summed E-state index contributed by atoms with van der Waals surface area (Å²) in [5.41, 5.74) is 0.283. The Labute approximate surface area is 109 Å². The van der Waals surface area contributed by atoms with Crippen molar-refractivity contribution < 1.29 is 5.21 Å². The number of hydrogen-bond donors (Lipinski definition) is 1. The molecule has 0 aromatic heterocycles. The van der Waals surface area contributed by atoms with E-state index < -0.39 is 0 Å². The van der Waals surface area contributed by atoms with E-state index in [1.54, 1.807) is 6.07 Å². The summed E-state index contributed by atoms with van der Waals surface area (Å²) < 4.78 is 0. The predicted molar refractivity (Wildman–Crippen MR) is 77.8 cm³/mol. The van der Waals surface area contributed by atoms with Crippen molar-refractivity contribution in [1.29, 1.82) is 0 Å². The topological polar surface area (TPSA) is 46.5 Å². The van der Waals surface area contributed by atoms with Gasteiger partial charge in [-0.25, -0.2) is 0 Å². The van der Waals surface area contributed by atoms with E-state index in [1.165, 1.54) is 0 Å². The lowest BCUT2D eigenvalue weighted by Gasteiger charge is -2.24. The van der Waals surface area contributed by atoms with Gasteiger partial charge in [0, 0.05) is 5.39 Å². The van der Waals surface area contributed by atoms with Crippen LogP contribution in [0, 0.1) is 5.21 Å². The highest BCUT2D eigenvalue weighted by atomic mass is 16.8. The minimum Gasteiger partial charge on any atom is -0.733 e. The molecular formula is C16H10NO2-. The molecule has 0 radical (unpaired) electrons. The van der Waals surface area contributed by atoms with Gasteiger partial charge in [0.1, 0.15) is 0 Å². The van der Waals surface area contributed by atoms with E-state index in [0.717, 1.165) is 32.3 Å². The summed E-state index contributed by atoms with van der Waals surface area (Å²) in [6.07, 6.45) is 0. The molecule has 1 N–H and O–H groups in total. The Morgan fingerprint density at radius 2 is 1.32 bits per heavy atom. The fraction of sp³-hybridized carbons (Fsp3) is 0. The molecule has 0 spiro atoms. The third-order valence-corrected chi connectivity index (χ3v) is 3.71. The Hall–Kier alpha value is -2.36. The Balaban J connectivity index is 2.35. The first-order chi connectivity index (χ1) is 9.25. The lowest BCUT2D eigenvalue weighted by molar-refractivity contribution is 0.297.